The van der Waals surface area contributed by atoms with Crippen LogP contribution in [0.2, 0.25) is 0 Å². The van der Waals surface area contributed by atoms with Gasteiger partial charge in [0, 0.05) is 38.3 Å². The molecule has 0 unspecified atom stereocenters. The first kappa shape index (κ1) is 29.1. The van der Waals surface area contributed by atoms with E-state index in [1.807, 2.05) is 0 Å². The molecule has 0 saturated carbocycles. The van der Waals surface area contributed by atoms with Crippen molar-refractivity contribution in [3.8, 4) is 44.8 Å². The molecule has 0 bridgehead atoms. The van der Waals surface area contributed by atoms with Gasteiger partial charge in [-0.05, 0) is 98.8 Å². The van der Waals surface area contributed by atoms with Crippen LogP contribution in [-0.2, 0) is 0 Å². The van der Waals surface area contributed by atoms with Crippen molar-refractivity contribution < 1.29 is 4.42 Å². The van der Waals surface area contributed by atoms with Gasteiger partial charge in [0.25, 0.3) is 0 Å². The maximum absolute atomic E-state index is 6.55. The van der Waals surface area contributed by atoms with E-state index >= 15 is 0 Å². The van der Waals surface area contributed by atoms with Crippen molar-refractivity contribution in [3.05, 3.63) is 182 Å². The molecule has 9 aromatic carbocycles. The number of furan rings is 1. The molecule has 55 heavy (non-hydrogen) atoms. The van der Waals surface area contributed by atoms with E-state index in [2.05, 4.69) is 191 Å². The molecule has 13 rings (SSSR count). The number of benzene rings is 9. The van der Waals surface area contributed by atoms with Gasteiger partial charge in [0.05, 0.1) is 27.5 Å². The molecule has 3 nitrogen and oxygen atoms in total. The van der Waals surface area contributed by atoms with Crippen LogP contribution >= 0.6 is 0 Å². The highest BCUT2D eigenvalue weighted by molar-refractivity contribution is 6.31. The third kappa shape index (κ3) is 3.84. The average molecular weight is 699 g/mol. The van der Waals surface area contributed by atoms with Crippen LogP contribution in [0.5, 0.6) is 0 Å². The molecule has 0 amide bonds. The van der Waals surface area contributed by atoms with Gasteiger partial charge in [-0.2, -0.15) is 0 Å². The topological polar surface area (TPSA) is 23.0 Å². The molecular formula is C52H30N2O. The lowest BCUT2D eigenvalue weighted by Gasteiger charge is -2.13. The predicted octanol–water partition coefficient (Wildman–Crippen LogP) is 14.2. The monoisotopic (exact) mass is 698 g/mol. The Balaban J connectivity index is 1.20. The van der Waals surface area contributed by atoms with Crippen LogP contribution in [0.3, 0.4) is 0 Å². The highest BCUT2D eigenvalue weighted by atomic mass is 16.3. The Morgan fingerprint density at radius 2 is 1.02 bits per heavy atom. The normalized spacial score (nSPS) is 12.4. The van der Waals surface area contributed by atoms with Crippen LogP contribution in [-0.4, -0.2) is 9.13 Å². The molecular weight excluding hydrogens is 669 g/mol. The van der Waals surface area contributed by atoms with Crippen LogP contribution in [0.1, 0.15) is 0 Å². The molecule has 0 N–H and O–H groups in total. The molecule has 0 spiro atoms. The highest BCUT2D eigenvalue weighted by Crippen LogP contribution is 2.50. The van der Waals surface area contributed by atoms with Gasteiger partial charge in [0.15, 0.2) is 0 Å². The summed E-state index contributed by atoms with van der Waals surface area (Å²) in [6, 6.07) is 66.5. The SMILES string of the molecule is c1ccc(-c2cccc(-n3c4ccccc4c4c3ccc3c5ccc6oc7ccccc7c6c5n(-c5ccc6c(c5)-c5cccc7cccc-6c57)c34)c2)cc1. The van der Waals surface area contributed by atoms with E-state index in [0.717, 1.165) is 33.3 Å². The minimum atomic E-state index is 0.896. The Morgan fingerprint density at radius 1 is 0.327 bits per heavy atom. The third-order valence-electron chi connectivity index (χ3n) is 12.0. The fourth-order valence-electron chi connectivity index (χ4n) is 9.76. The van der Waals surface area contributed by atoms with E-state index in [0.29, 0.717) is 0 Å². The number of hydrogen-bond acceptors (Lipinski definition) is 1. The second-order valence-corrected chi connectivity index (χ2v) is 14.8. The maximum atomic E-state index is 6.55. The Labute approximate surface area is 315 Å². The van der Waals surface area contributed by atoms with Crippen LogP contribution in [0, 0.1) is 0 Å². The van der Waals surface area contributed by atoms with Crippen molar-refractivity contribution in [1.82, 2.24) is 9.13 Å². The summed E-state index contributed by atoms with van der Waals surface area (Å²) in [4.78, 5) is 0. The molecule has 12 aromatic rings. The van der Waals surface area contributed by atoms with Gasteiger partial charge in [-0.3, -0.25) is 0 Å². The first-order valence-electron chi connectivity index (χ1n) is 18.9. The van der Waals surface area contributed by atoms with Crippen molar-refractivity contribution >= 4 is 76.3 Å². The predicted molar refractivity (Wildman–Crippen MR) is 230 cm³/mol. The lowest BCUT2D eigenvalue weighted by atomic mass is 10.0. The Morgan fingerprint density at radius 3 is 1.89 bits per heavy atom. The summed E-state index contributed by atoms with van der Waals surface area (Å²) in [5, 5.41) is 9.79. The number of hydrogen-bond donors (Lipinski definition) is 0. The number of nitrogens with zero attached hydrogens (tertiary/aromatic N) is 2. The fourth-order valence-corrected chi connectivity index (χ4v) is 9.76. The molecule has 3 heterocycles. The van der Waals surface area contributed by atoms with E-state index in [1.165, 1.54) is 87.8 Å². The van der Waals surface area contributed by atoms with Crippen molar-refractivity contribution in [2.75, 3.05) is 0 Å². The summed E-state index contributed by atoms with van der Waals surface area (Å²) in [5.74, 6) is 0. The van der Waals surface area contributed by atoms with Gasteiger partial charge in [-0.25, -0.2) is 0 Å². The zero-order valence-corrected chi connectivity index (χ0v) is 29.6. The van der Waals surface area contributed by atoms with E-state index in [1.54, 1.807) is 0 Å². The molecule has 0 saturated heterocycles. The first-order chi connectivity index (χ1) is 27.3. The number of aromatic nitrogens is 2. The van der Waals surface area contributed by atoms with E-state index in [4.69, 9.17) is 4.42 Å². The summed E-state index contributed by atoms with van der Waals surface area (Å²) in [5.41, 5.74) is 16.4. The summed E-state index contributed by atoms with van der Waals surface area (Å²) in [6.45, 7) is 0. The Bertz CT molecular complexity index is 3590. The first-order valence-corrected chi connectivity index (χ1v) is 18.9. The number of rotatable bonds is 3. The van der Waals surface area contributed by atoms with Crippen LogP contribution < -0.4 is 0 Å². The zero-order valence-electron chi connectivity index (χ0n) is 29.6. The van der Waals surface area contributed by atoms with Crippen molar-refractivity contribution in [1.29, 1.82) is 0 Å². The molecule has 1 aliphatic carbocycles. The quantitative estimate of drug-likeness (QED) is 0.180. The number of para-hydroxylation sites is 2. The summed E-state index contributed by atoms with van der Waals surface area (Å²) in [6.07, 6.45) is 0. The number of fused-ring (bicyclic) bond motifs is 14. The second kappa shape index (κ2) is 10.6. The molecule has 0 aliphatic heterocycles. The van der Waals surface area contributed by atoms with Gasteiger partial charge >= 0.3 is 0 Å². The summed E-state index contributed by atoms with van der Waals surface area (Å²) in [7, 11) is 0. The van der Waals surface area contributed by atoms with Crippen molar-refractivity contribution in [3.63, 3.8) is 0 Å². The molecule has 0 radical (unpaired) electrons. The smallest absolute Gasteiger partial charge is 0.137 e. The van der Waals surface area contributed by atoms with Gasteiger partial charge in [0.1, 0.15) is 11.2 Å². The zero-order chi connectivity index (χ0) is 35.8. The van der Waals surface area contributed by atoms with Crippen molar-refractivity contribution in [2.24, 2.45) is 0 Å². The van der Waals surface area contributed by atoms with Crippen LogP contribution in [0.15, 0.2) is 186 Å². The molecule has 254 valence electrons. The largest absolute Gasteiger partial charge is 0.456 e. The second-order valence-electron chi connectivity index (χ2n) is 14.8. The Hall–Kier alpha value is -7.36. The fraction of sp³-hybridized carbons (Fsp3) is 0. The minimum absolute atomic E-state index is 0.896. The van der Waals surface area contributed by atoms with Gasteiger partial charge < -0.3 is 13.6 Å². The lowest BCUT2D eigenvalue weighted by Crippen LogP contribution is -1.96. The molecule has 3 heteroatoms. The van der Waals surface area contributed by atoms with Crippen LogP contribution in [0.25, 0.3) is 121 Å². The molecule has 0 atom stereocenters. The summed E-state index contributed by atoms with van der Waals surface area (Å²) < 4.78 is 11.5. The lowest BCUT2D eigenvalue weighted by molar-refractivity contribution is 0.669. The average Bonchev–Trinajstić information content (AvgIpc) is 3.98. The van der Waals surface area contributed by atoms with Crippen LogP contribution in [0.4, 0.5) is 0 Å². The van der Waals surface area contributed by atoms with Crippen molar-refractivity contribution in [2.45, 2.75) is 0 Å². The maximum Gasteiger partial charge on any atom is 0.137 e. The minimum Gasteiger partial charge on any atom is -0.456 e. The summed E-state index contributed by atoms with van der Waals surface area (Å²) >= 11 is 0. The molecule has 1 aliphatic rings. The van der Waals surface area contributed by atoms with Gasteiger partial charge in [-0.1, -0.05) is 127 Å². The molecule has 3 aromatic heterocycles. The van der Waals surface area contributed by atoms with E-state index in [-0.39, 0.29) is 0 Å². The van der Waals surface area contributed by atoms with Gasteiger partial charge in [0.2, 0.25) is 0 Å². The standard InChI is InChI=1S/C52H30N2O/c1-2-11-31(12-3-1)33-15-8-16-34(29-33)53-44-21-6-4-17-41(44)49-45(53)27-25-39-40-26-28-47-50(42-18-5-7-22-46(42)55-47)52(40)54(51(39)49)35-23-24-36-37-19-9-13-32-14-10-20-38(48(32)37)43(36)30-35/h1-30H. The van der Waals surface area contributed by atoms with E-state index in [9.17, 15) is 0 Å². The van der Waals surface area contributed by atoms with E-state index < -0.39 is 0 Å². The Kier molecular flexibility index (Phi) is 5.63. The molecule has 0 fully saturated rings. The third-order valence-corrected chi connectivity index (χ3v) is 12.0. The highest BCUT2D eigenvalue weighted by Gasteiger charge is 2.26. The van der Waals surface area contributed by atoms with Gasteiger partial charge in [-0.15, -0.1) is 0 Å².